The molecule has 7 heteroatoms. The molecule has 0 aromatic carbocycles. The van der Waals surface area contributed by atoms with Crippen molar-refractivity contribution in [2.45, 2.75) is 36.6 Å². The maximum atomic E-state index is 12.5. The van der Waals surface area contributed by atoms with Gasteiger partial charge in [-0.15, -0.1) is 0 Å². The molecule has 1 aliphatic carbocycles. The van der Waals surface area contributed by atoms with Crippen LogP contribution in [0.5, 0.6) is 0 Å². The van der Waals surface area contributed by atoms with Crippen molar-refractivity contribution >= 4 is 10.0 Å². The van der Waals surface area contributed by atoms with E-state index in [2.05, 4.69) is 4.98 Å². The summed E-state index contributed by atoms with van der Waals surface area (Å²) in [5, 5.41) is 9.08. The van der Waals surface area contributed by atoms with Crippen LogP contribution in [0.15, 0.2) is 28.2 Å². The molecule has 106 valence electrons. The largest absolute Gasteiger partial charge is 0.395 e. The zero-order chi connectivity index (χ0) is 13.9. The number of hydrogen-bond donors (Lipinski definition) is 2. The molecule has 1 saturated carbocycles. The van der Waals surface area contributed by atoms with Crippen molar-refractivity contribution in [1.82, 2.24) is 9.29 Å². The Balaban J connectivity index is 2.39. The fourth-order valence-electron chi connectivity index (χ4n) is 2.52. The van der Waals surface area contributed by atoms with Crippen LogP contribution in [0.2, 0.25) is 0 Å². The minimum atomic E-state index is -3.85. The highest BCUT2D eigenvalue weighted by Crippen LogP contribution is 2.27. The van der Waals surface area contributed by atoms with Crippen molar-refractivity contribution in [1.29, 1.82) is 0 Å². The molecule has 1 aliphatic rings. The number of nitrogens with zero attached hydrogens (tertiary/aromatic N) is 1. The van der Waals surface area contributed by atoms with E-state index < -0.39 is 15.5 Å². The SMILES string of the molecule is O=c1cc[nH]cc1S(=O)(=O)N(CCO)C1CCCC1. The molecule has 1 aromatic rings. The Labute approximate surface area is 112 Å². The van der Waals surface area contributed by atoms with Gasteiger partial charge in [0.05, 0.1) is 6.61 Å². The van der Waals surface area contributed by atoms with Crippen molar-refractivity contribution < 1.29 is 13.5 Å². The molecule has 0 saturated heterocycles. The average Bonchev–Trinajstić information content (AvgIpc) is 2.89. The average molecular weight is 286 g/mol. The molecule has 0 amide bonds. The summed E-state index contributed by atoms with van der Waals surface area (Å²) in [5.41, 5.74) is -0.528. The first kappa shape index (κ1) is 14.2. The van der Waals surface area contributed by atoms with Gasteiger partial charge in [-0.3, -0.25) is 4.79 Å². The van der Waals surface area contributed by atoms with Crippen LogP contribution in [0.4, 0.5) is 0 Å². The Morgan fingerprint density at radius 1 is 1.37 bits per heavy atom. The van der Waals surface area contributed by atoms with Gasteiger partial charge in [-0.25, -0.2) is 8.42 Å². The number of nitrogens with one attached hydrogen (secondary N) is 1. The molecule has 19 heavy (non-hydrogen) atoms. The standard InChI is InChI=1S/C12H18N2O4S/c15-8-7-14(10-3-1-2-4-10)19(17,18)12-9-13-6-5-11(12)16/h5-6,9-10,15H,1-4,7-8H2,(H,13,16). The summed E-state index contributed by atoms with van der Waals surface area (Å²) in [4.78, 5) is 14.1. The first-order chi connectivity index (χ1) is 9.07. The number of H-pyrrole nitrogens is 1. The molecule has 1 fully saturated rings. The fraction of sp³-hybridized carbons (Fsp3) is 0.583. The van der Waals surface area contributed by atoms with Gasteiger partial charge in [-0.1, -0.05) is 12.8 Å². The van der Waals surface area contributed by atoms with Gasteiger partial charge in [0.15, 0.2) is 0 Å². The molecule has 1 heterocycles. The van der Waals surface area contributed by atoms with Crippen LogP contribution in [0.3, 0.4) is 0 Å². The Kier molecular flexibility index (Phi) is 4.38. The number of sulfonamides is 1. The van der Waals surface area contributed by atoms with E-state index in [-0.39, 0.29) is 24.1 Å². The second-order valence-electron chi connectivity index (χ2n) is 4.65. The minimum absolute atomic E-state index is 0.0291. The van der Waals surface area contributed by atoms with Gasteiger partial charge in [0.25, 0.3) is 0 Å². The van der Waals surface area contributed by atoms with Crippen LogP contribution in [0, 0.1) is 0 Å². The van der Waals surface area contributed by atoms with Gasteiger partial charge >= 0.3 is 0 Å². The van der Waals surface area contributed by atoms with Gasteiger partial charge in [-0.2, -0.15) is 4.31 Å². The van der Waals surface area contributed by atoms with Crippen molar-refractivity contribution in [3.8, 4) is 0 Å². The number of aromatic nitrogens is 1. The number of rotatable bonds is 5. The van der Waals surface area contributed by atoms with Crippen LogP contribution in [0.1, 0.15) is 25.7 Å². The van der Waals surface area contributed by atoms with Crippen molar-refractivity contribution in [2.75, 3.05) is 13.2 Å². The van der Waals surface area contributed by atoms with E-state index in [0.29, 0.717) is 0 Å². The number of hydrogen-bond acceptors (Lipinski definition) is 4. The quantitative estimate of drug-likeness (QED) is 0.814. The van der Waals surface area contributed by atoms with Crippen molar-refractivity contribution in [3.63, 3.8) is 0 Å². The monoisotopic (exact) mass is 286 g/mol. The van der Waals surface area contributed by atoms with Gasteiger partial charge < -0.3 is 10.1 Å². The predicted octanol–water partition coefficient (Wildman–Crippen LogP) is 0.300. The van der Waals surface area contributed by atoms with E-state index in [0.717, 1.165) is 25.7 Å². The molecule has 1 aromatic heterocycles. The van der Waals surface area contributed by atoms with Crippen LogP contribution >= 0.6 is 0 Å². The summed E-state index contributed by atoms with van der Waals surface area (Å²) in [5.74, 6) is 0. The lowest BCUT2D eigenvalue weighted by molar-refractivity contribution is 0.226. The molecular weight excluding hydrogens is 268 g/mol. The summed E-state index contributed by atoms with van der Waals surface area (Å²) in [6, 6.07) is 1.08. The molecule has 2 rings (SSSR count). The number of pyridine rings is 1. The van der Waals surface area contributed by atoms with Gasteiger partial charge in [0.1, 0.15) is 4.90 Å². The topological polar surface area (TPSA) is 90.5 Å². The lowest BCUT2D eigenvalue weighted by atomic mass is 10.2. The molecule has 0 spiro atoms. The summed E-state index contributed by atoms with van der Waals surface area (Å²) >= 11 is 0. The molecule has 6 nitrogen and oxygen atoms in total. The molecule has 0 bridgehead atoms. The Hall–Kier alpha value is -1.18. The third-order valence-corrected chi connectivity index (χ3v) is 5.40. The highest BCUT2D eigenvalue weighted by atomic mass is 32.2. The smallest absolute Gasteiger partial charge is 0.248 e. The lowest BCUT2D eigenvalue weighted by Crippen LogP contribution is -2.42. The summed E-state index contributed by atoms with van der Waals surface area (Å²) in [7, 11) is -3.85. The van der Waals surface area contributed by atoms with E-state index in [4.69, 9.17) is 5.11 Å². The fourth-order valence-corrected chi connectivity index (χ4v) is 4.24. The third kappa shape index (κ3) is 2.88. The van der Waals surface area contributed by atoms with Crippen molar-refractivity contribution in [3.05, 3.63) is 28.7 Å². The van der Waals surface area contributed by atoms with Gasteiger partial charge in [-0.05, 0) is 12.8 Å². The molecular formula is C12H18N2O4S. The molecule has 0 radical (unpaired) electrons. The molecule has 0 aliphatic heterocycles. The molecule has 0 atom stereocenters. The van der Waals surface area contributed by atoms with Crippen LogP contribution in [0.25, 0.3) is 0 Å². The summed E-state index contributed by atoms with van der Waals surface area (Å²) in [6.07, 6.45) is 6.12. The zero-order valence-corrected chi connectivity index (χ0v) is 11.4. The summed E-state index contributed by atoms with van der Waals surface area (Å²) < 4.78 is 26.3. The zero-order valence-electron chi connectivity index (χ0n) is 10.6. The van der Waals surface area contributed by atoms with E-state index >= 15 is 0 Å². The highest BCUT2D eigenvalue weighted by Gasteiger charge is 2.34. The van der Waals surface area contributed by atoms with Crippen molar-refractivity contribution in [2.24, 2.45) is 0 Å². The number of aliphatic hydroxyl groups is 1. The number of aliphatic hydroxyl groups excluding tert-OH is 1. The maximum absolute atomic E-state index is 12.5. The summed E-state index contributed by atoms with van der Waals surface area (Å²) in [6.45, 7) is -0.220. The van der Waals surface area contributed by atoms with E-state index in [9.17, 15) is 13.2 Å². The highest BCUT2D eigenvalue weighted by molar-refractivity contribution is 7.89. The van der Waals surface area contributed by atoms with Crippen LogP contribution in [-0.2, 0) is 10.0 Å². The number of aromatic amines is 1. The van der Waals surface area contributed by atoms with Gasteiger partial charge in [0, 0.05) is 31.0 Å². The molecule has 2 N–H and O–H groups in total. The maximum Gasteiger partial charge on any atom is 0.248 e. The van der Waals surface area contributed by atoms with Gasteiger partial charge in [0.2, 0.25) is 15.5 Å². The molecule has 0 unspecified atom stereocenters. The second-order valence-corrected chi connectivity index (χ2v) is 6.51. The van der Waals surface area contributed by atoms with E-state index in [1.807, 2.05) is 0 Å². The predicted molar refractivity (Wildman–Crippen MR) is 70.3 cm³/mol. The van der Waals surface area contributed by atoms with E-state index in [1.54, 1.807) is 0 Å². The Morgan fingerprint density at radius 3 is 2.63 bits per heavy atom. The van der Waals surface area contributed by atoms with E-state index in [1.165, 1.54) is 22.8 Å². The Bertz CT molecular complexity index is 575. The Morgan fingerprint density at radius 2 is 2.05 bits per heavy atom. The second kappa shape index (κ2) is 5.85. The van der Waals surface area contributed by atoms with Crippen LogP contribution < -0.4 is 5.43 Å². The first-order valence-electron chi connectivity index (χ1n) is 6.37. The minimum Gasteiger partial charge on any atom is -0.395 e. The normalized spacial score (nSPS) is 17.2. The lowest BCUT2D eigenvalue weighted by Gasteiger charge is -2.26. The first-order valence-corrected chi connectivity index (χ1v) is 7.81. The third-order valence-electron chi connectivity index (χ3n) is 3.43. The van der Waals surface area contributed by atoms with Crippen LogP contribution in [-0.4, -0.2) is 42.0 Å².